The van der Waals surface area contributed by atoms with E-state index in [4.69, 9.17) is 5.26 Å². The fraction of sp³-hybridized carbons (Fsp3) is 0.917. The van der Waals surface area contributed by atoms with Crippen LogP contribution in [0.4, 0.5) is 0 Å². The van der Waals surface area contributed by atoms with Gasteiger partial charge in [-0.05, 0) is 53.9 Å². The average molecular weight is 209 g/mol. The van der Waals surface area contributed by atoms with Crippen molar-refractivity contribution in [2.24, 2.45) is 5.92 Å². The number of rotatable bonds is 4. The second-order valence-corrected chi connectivity index (χ2v) is 5.27. The fourth-order valence-corrected chi connectivity index (χ4v) is 2.35. The van der Waals surface area contributed by atoms with Crippen molar-refractivity contribution in [2.45, 2.75) is 32.2 Å². The molecule has 0 amide bonds. The predicted octanol–water partition coefficient (Wildman–Crippen LogP) is 1.56. The van der Waals surface area contributed by atoms with Crippen LogP contribution in [0.5, 0.6) is 0 Å². The van der Waals surface area contributed by atoms with Gasteiger partial charge in [0.1, 0.15) is 0 Å². The van der Waals surface area contributed by atoms with Crippen LogP contribution in [0.2, 0.25) is 0 Å². The standard InChI is InChI=1S/C12H23N3/c1-12(2)11(10-13)6-9-15(12)8-5-7-14(3)4/h11H,5-9H2,1-4H3. The Balaban J connectivity index is 2.41. The van der Waals surface area contributed by atoms with Gasteiger partial charge in [0.15, 0.2) is 0 Å². The van der Waals surface area contributed by atoms with Gasteiger partial charge >= 0.3 is 0 Å². The smallest absolute Gasteiger partial charge is 0.0675 e. The molecule has 86 valence electrons. The summed E-state index contributed by atoms with van der Waals surface area (Å²) < 4.78 is 0. The Kier molecular flexibility index (Phi) is 4.12. The maximum absolute atomic E-state index is 9.05. The van der Waals surface area contributed by atoms with Gasteiger partial charge in [0.25, 0.3) is 0 Å². The Morgan fingerprint density at radius 2 is 2.13 bits per heavy atom. The van der Waals surface area contributed by atoms with E-state index < -0.39 is 0 Å². The second-order valence-electron chi connectivity index (χ2n) is 5.27. The first-order valence-electron chi connectivity index (χ1n) is 5.78. The summed E-state index contributed by atoms with van der Waals surface area (Å²) in [5.74, 6) is 0.205. The van der Waals surface area contributed by atoms with Crippen LogP contribution in [0.3, 0.4) is 0 Å². The van der Waals surface area contributed by atoms with Crippen LogP contribution in [-0.2, 0) is 0 Å². The van der Waals surface area contributed by atoms with Crippen molar-refractivity contribution >= 4 is 0 Å². The molecule has 1 rings (SSSR count). The van der Waals surface area contributed by atoms with Crippen molar-refractivity contribution in [3.63, 3.8) is 0 Å². The zero-order valence-electron chi connectivity index (χ0n) is 10.5. The summed E-state index contributed by atoms with van der Waals surface area (Å²) in [6.45, 7) is 7.72. The van der Waals surface area contributed by atoms with Gasteiger partial charge in [0.2, 0.25) is 0 Å². The van der Waals surface area contributed by atoms with Gasteiger partial charge in [-0.3, -0.25) is 4.90 Å². The first-order chi connectivity index (χ1) is 6.98. The van der Waals surface area contributed by atoms with Crippen LogP contribution < -0.4 is 0 Å². The molecule has 3 heteroatoms. The van der Waals surface area contributed by atoms with E-state index in [0.717, 1.165) is 26.1 Å². The molecule has 0 aliphatic carbocycles. The molecule has 0 aromatic rings. The lowest BCUT2D eigenvalue weighted by atomic mass is 9.90. The Morgan fingerprint density at radius 3 is 2.60 bits per heavy atom. The average Bonchev–Trinajstić information content (AvgIpc) is 2.41. The van der Waals surface area contributed by atoms with Gasteiger partial charge in [-0.25, -0.2) is 0 Å². The van der Waals surface area contributed by atoms with Gasteiger partial charge < -0.3 is 4.90 Å². The molecular formula is C12H23N3. The number of hydrogen-bond acceptors (Lipinski definition) is 3. The number of nitriles is 1. The molecule has 0 aromatic heterocycles. The van der Waals surface area contributed by atoms with Crippen LogP contribution in [0.15, 0.2) is 0 Å². The van der Waals surface area contributed by atoms with Gasteiger partial charge in [-0.1, -0.05) is 0 Å². The maximum Gasteiger partial charge on any atom is 0.0675 e. The molecular weight excluding hydrogens is 186 g/mol. The molecule has 0 radical (unpaired) electrons. The van der Waals surface area contributed by atoms with Crippen LogP contribution in [0, 0.1) is 17.2 Å². The van der Waals surface area contributed by atoms with E-state index in [1.165, 1.54) is 6.42 Å². The second kappa shape index (κ2) is 4.96. The summed E-state index contributed by atoms with van der Waals surface area (Å²) in [5.41, 5.74) is 0.0705. The van der Waals surface area contributed by atoms with Crippen LogP contribution in [-0.4, -0.2) is 49.1 Å². The molecule has 15 heavy (non-hydrogen) atoms. The van der Waals surface area contributed by atoms with Gasteiger partial charge in [0, 0.05) is 12.1 Å². The highest BCUT2D eigenvalue weighted by atomic mass is 15.2. The molecule has 0 bridgehead atoms. The van der Waals surface area contributed by atoms with Crippen molar-refractivity contribution < 1.29 is 0 Å². The van der Waals surface area contributed by atoms with E-state index in [0.29, 0.717) is 0 Å². The Bertz CT molecular complexity index is 240. The normalized spacial score (nSPS) is 25.7. The minimum atomic E-state index is 0.0705. The van der Waals surface area contributed by atoms with Gasteiger partial charge in [0.05, 0.1) is 12.0 Å². The maximum atomic E-state index is 9.05. The largest absolute Gasteiger partial charge is 0.309 e. The van der Waals surface area contributed by atoms with E-state index in [1.807, 2.05) is 0 Å². The molecule has 1 atom stereocenters. The Morgan fingerprint density at radius 1 is 1.47 bits per heavy atom. The summed E-state index contributed by atoms with van der Waals surface area (Å²) >= 11 is 0. The topological polar surface area (TPSA) is 30.3 Å². The van der Waals surface area contributed by atoms with E-state index in [1.54, 1.807) is 0 Å². The Labute approximate surface area is 93.7 Å². The molecule has 1 heterocycles. The van der Waals surface area contributed by atoms with Crippen molar-refractivity contribution in [1.29, 1.82) is 5.26 Å². The van der Waals surface area contributed by atoms with E-state index in [-0.39, 0.29) is 11.5 Å². The lowest BCUT2D eigenvalue weighted by Crippen LogP contribution is -2.43. The SMILES string of the molecule is CN(C)CCCN1CCC(C#N)C1(C)C. The first kappa shape index (κ1) is 12.5. The molecule has 1 unspecified atom stereocenters. The highest BCUT2D eigenvalue weighted by Crippen LogP contribution is 2.33. The fourth-order valence-electron chi connectivity index (χ4n) is 2.35. The minimum Gasteiger partial charge on any atom is -0.309 e. The van der Waals surface area contributed by atoms with Crippen LogP contribution >= 0.6 is 0 Å². The van der Waals surface area contributed by atoms with E-state index in [2.05, 4.69) is 43.8 Å². The van der Waals surface area contributed by atoms with Gasteiger partial charge in [-0.15, -0.1) is 0 Å². The third-order valence-electron chi connectivity index (χ3n) is 3.54. The van der Waals surface area contributed by atoms with Crippen LogP contribution in [0.1, 0.15) is 26.7 Å². The monoisotopic (exact) mass is 209 g/mol. The molecule has 1 saturated heterocycles. The molecule has 0 aromatic carbocycles. The highest BCUT2D eigenvalue weighted by Gasteiger charge is 2.40. The zero-order valence-corrected chi connectivity index (χ0v) is 10.5. The number of nitrogens with zero attached hydrogens (tertiary/aromatic N) is 3. The molecule has 0 saturated carbocycles. The zero-order chi connectivity index (χ0) is 11.5. The van der Waals surface area contributed by atoms with Crippen molar-refractivity contribution in [1.82, 2.24) is 9.80 Å². The van der Waals surface area contributed by atoms with Crippen molar-refractivity contribution in [3.05, 3.63) is 0 Å². The quantitative estimate of drug-likeness (QED) is 0.704. The number of likely N-dealkylation sites (tertiary alicyclic amines) is 1. The summed E-state index contributed by atoms with van der Waals surface area (Å²) in [4.78, 5) is 4.68. The number of hydrogen-bond donors (Lipinski definition) is 0. The summed E-state index contributed by atoms with van der Waals surface area (Å²) in [6, 6.07) is 2.43. The van der Waals surface area contributed by atoms with E-state index in [9.17, 15) is 0 Å². The lowest BCUT2D eigenvalue weighted by molar-refractivity contribution is 0.149. The summed E-state index contributed by atoms with van der Waals surface area (Å²) in [6.07, 6.45) is 2.22. The van der Waals surface area contributed by atoms with E-state index >= 15 is 0 Å². The lowest BCUT2D eigenvalue weighted by Gasteiger charge is -2.33. The third kappa shape index (κ3) is 2.93. The predicted molar refractivity (Wildman–Crippen MR) is 62.5 cm³/mol. The molecule has 1 fully saturated rings. The minimum absolute atomic E-state index is 0.0705. The molecule has 0 N–H and O–H groups in total. The van der Waals surface area contributed by atoms with Gasteiger partial charge in [-0.2, -0.15) is 5.26 Å². The molecule has 0 spiro atoms. The third-order valence-corrected chi connectivity index (χ3v) is 3.54. The highest BCUT2D eigenvalue weighted by molar-refractivity contribution is 5.04. The van der Waals surface area contributed by atoms with Crippen molar-refractivity contribution in [3.8, 4) is 6.07 Å². The molecule has 1 aliphatic rings. The molecule has 3 nitrogen and oxygen atoms in total. The molecule has 1 aliphatic heterocycles. The summed E-state index contributed by atoms with van der Waals surface area (Å²) in [5, 5.41) is 9.05. The van der Waals surface area contributed by atoms with Crippen molar-refractivity contribution in [2.75, 3.05) is 33.7 Å². The van der Waals surface area contributed by atoms with Crippen LogP contribution in [0.25, 0.3) is 0 Å². The summed E-state index contributed by atoms with van der Waals surface area (Å²) in [7, 11) is 4.21. The first-order valence-corrected chi connectivity index (χ1v) is 5.78. The Hall–Kier alpha value is -0.590.